The predicted molar refractivity (Wildman–Crippen MR) is 95.3 cm³/mol. The average molecular weight is 348 g/mol. The molecule has 6 nitrogen and oxygen atoms in total. The Morgan fingerprint density at radius 3 is 2.28 bits per heavy atom. The molecule has 0 aromatic heterocycles. The molecule has 0 amide bonds. The molecule has 1 aromatic rings. The summed E-state index contributed by atoms with van der Waals surface area (Å²) in [5, 5.41) is 9.82. The molecule has 25 heavy (non-hydrogen) atoms. The van der Waals surface area contributed by atoms with Crippen LogP contribution < -0.4 is 9.47 Å². The third-order valence-corrected chi connectivity index (χ3v) is 5.51. The third kappa shape index (κ3) is 3.90. The van der Waals surface area contributed by atoms with Gasteiger partial charge in [0, 0.05) is 32.2 Å². The fourth-order valence-electron chi connectivity index (χ4n) is 4.16. The highest BCUT2D eigenvalue weighted by atomic mass is 16.5. The van der Waals surface area contributed by atoms with E-state index in [1.165, 1.54) is 25.7 Å². The normalized spacial score (nSPS) is 21.2. The Balaban J connectivity index is 1.72. The number of carboxylic acid groups (broad SMARTS) is 1. The van der Waals surface area contributed by atoms with Crippen LogP contribution in [0.25, 0.3) is 0 Å². The molecule has 1 N–H and O–H groups in total. The van der Waals surface area contributed by atoms with Crippen LogP contribution in [0.4, 0.5) is 0 Å². The fraction of sp³-hybridized carbons (Fsp3) is 0.632. The second-order valence-electron chi connectivity index (χ2n) is 6.87. The molecule has 2 aliphatic rings. The summed E-state index contributed by atoms with van der Waals surface area (Å²) in [6, 6.07) is 5.43. The molecule has 6 heteroatoms. The zero-order valence-electron chi connectivity index (χ0n) is 15.1. The number of hydrogen-bond acceptors (Lipinski definition) is 5. The maximum Gasteiger partial charge on any atom is 0.325 e. The lowest BCUT2D eigenvalue weighted by Crippen LogP contribution is -2.51. The van der Waals surface area contributed by atoms with Crippen molar-refractivity contribution in [3.05, 3.63) is 23.8 Å². The minimum absolute atomic E-state index is 0.566. The number of rotatable bonds is 6. The summed E-state index contributed by atoms with van der Waals surface area (Å²) < 4.78 is 10.6. The summed E-state index contributed by atoms with van der Waals surface area (Å²) in [7, 11) is 3.15. The van der Waals surface area contributed by atoms with Gasteiger partial charge in [-0.05, 0) is 30.5 Å². The molecule has 1 aliphatic heterocycles. The van der Waals surface area contributed by atoms with Crippen molar-refractivity contribution in [2.45, 2.75) is 37.8 Å². The molecule has 0 spiro atoms. The van der Waals surface area contributed by atoms with Crippen molar-refractivity contribution in [2.75, 3.05) is 40.4 Å². The van der Waals surface area contributed by atoms with E-state index in [-0.39, 0.29) is 0 Å². The Morgan fingerprint density at radius 1 is 1.08 bits per heavy atom. The third-order valence-electron chi connectivity index (χ3n) is 5.51. The monoisotopic (exact) mass is 348 g/mol. The SMILES string of the molecule is COc1ccc([C@H](C(=O)O)N2CCN(C3CCCC3)CC2)cc1OC. The largest absolute Gasteiger partial charge is 0.493 e. The first-order valence-electron chi connectivity index (χ1n) is 9.07. The van der Waals surface area contributed by atoms with E-state index in [9.17, 15) is 9.90 Å². The summed E-state index contributed by atoms with van der Waals surface area (Å²) in [5.74, 6) is 0.360. The second kappa shape index (κ2) is 8.06. The molecule has 0 radical (unpaired) electrons. The molecule has 0 unspecified atom stereocenters. The fourth-order valence-corrected chi connectivity index (χ4v) is 4.16. The van der Waals surface area contributed by atoms with Gasteiger partial charge in [-0.3, -0.25) is 14.6 Å². The van der Waals surface area contributed by atoms with Crippen LogP contribution in [0.3, 0.4) is 0 Å². The Bertz CT molecular complexity index is 593. The average Bonchev–Trinajstić information content (AvgIpc) is 3.16. The van der Waals surface area contributed by atoms with Gasteiger partial charge in [0.25, 0.3) is 0 Å². The molecular weight excluding hydrogens is 320 g/mol. The summed E-state index contributed by atoms with van der Waals surface area (Å²) in [4.78, 5) is 16.6. The van der Waals surface area contributed by atoms with Gasteiger partial charge < -0.3 is 14.6 Å². The van der Waals surface area contributed by atoms with Gasteiger partial charge in [-0.2, -0.15) is 0 Å². The van der Waals surface area contributed by atoms with Crippen molar-refractivity contribution in [3.8, 4) is 11.5 Å². The second-order valence-corrected chi connectivity index (χ2v) is 6.87. The zero-order valence-corrected chi connectivity index (χ0v) is 15.1. The van der Waals surface area contributed by atoms with Crippen molar-refractivity contribution in [3.63, 3.8) is 0 Å². The van der Waals surface area contributed by atoms with Gasteiger partial charge in [0.1, 0.15) is 6.04 Å². The van der Waals surface area contributed by atoms with Gasteiger partial charge in [0.2, 0.25) is 0 Å². The summed E-state index contributed by atoms with van der Waals surface area (Å²) in [6.07, 6.45) is 5.23. The number of carbonyl (C=O) groups is 1. The van der Waals surface area contributed by atoms with Crippen LogP contribution >= 0.6 is 0 Å². The molecule has 0 bridgehead atoms. The molecule has 1 saturated heterocycles. The van der Waals surface area contributed by atoms with E-state index in [0.29, 0.717) is 17.5 Å². The number of nitrogens with zero attached hydrogens (tertiary/aromatic N) is 2. The van der Waals surface area contributed by atoms with Crippen molar-refractivity contribution in [1.29, 1.82) is 0 Å². The number of methoxy groups -OCH3 is 2. The first kappa shape index (κ1) is 18.0. The molecule has 1 saturated carbocycles. The molecule has 1 heterocycles. The van der Waals surface area contributed by atoms with E-state index in [0.717, 1.165) is 31.7 Å². The lowest BCUT2D eigenvalue weighted by Gasteiger charge is -2.40. The summed E-state index contributed by atoms with van der Waals surface area (Å²) >= 11 is 0. The maximum atomic E-state index is 12.0. The van der Waals surface area contributed by atoms with Gasteiger partial charge >= 0.3 is 5.97 Å². The standard InChI is InChI=1S/C19H28N2O4/c1-24-16-8-7-14(13-17(16)25-2)18(19(22)23)21-11-9-20(10-12-21)15-5-3-4-6-15/h7-8,13,15,18H,3-6,9-12H2,1-2H3,(H,22,23)/t18-/m1/s1. The van der Waals surface area contributed by atoms with E-state index in [1.54, 1.807) is 26.4 Å². The zero-order chi connectivity index (χ0) is 17.8. The van der Waals surface area contributed by atoms with Crippen LogP contribution in [0, 0.1) is 0 Å². The highest BCUT2D eigenvalue weighted by Crippen LogP contribution is 2.33. The number of benzene rings is 1. The first-order chi connectivity index (χ1) is 12.1. The summed E-state index contributed by atoms with van der Waals surface area (Å²) in [6.45, 7) is 3.45. The minimum atomic E-state index is -0.818. The van der Waals surface area contributed by atoms with E-state index >= 15 is 0 Å². The van der Waals surface area contributed by atoms with Gasteiger partial charge in [0.05, 0.1) is 14.2 Å². The quantitative estimate of drug-likeness (QED) is 0.852. The molecular formula is C19H28N2O4. The lowest BCUT2D eigenvalue weighted by molar-refractivity contribution is -0.144. The van der Waals surface area contributed by atoms with Crippen molar-refractivity contribution < 1.29 is 19.4 Å². The topological polar surface area (TPSA) is 62.2 Å². The Kier molecular flexibility index (Phi) is 5.81. The number of ether oxygens (including phenoxy) is 2. The van der Waals surface area contributed by atoms with Crippen LogP contribution in [0.5, 0.6) is 11.5 Å². The molecule has 1 atom stereocenters. The van der Waals surface area contributed by atoms with Crippen LogP contribution in [-0.4, -0.2) is 67.3 Å². The molecule has 2 fully saturated rings. The van der Waals surface area contributed by atoms with E-state index < -0.39 is 12.0 Å². The van der Waals surface area contributed by atoms with Crippen LogP contribution in [-0.2, 0) is 4.79 Å². The van der Waals surface area contributed by atoms with Crippen LogP contribution in [0.15, 0.2) is 18.2 Å². The first-order valence-corrected chi connectivity index (χ1v) is 9.07. The van der Waals surface area contributed by atoms with E-state index in [4.69, 9.17) is 9.47 Å². The van der Waals surface area contributed by atoms with Crippen LogP contribution in [0.1, 0.15) is 37.3 Å². The van der Waals surface area contributed by atoms with Crippen molar-refractivity contribution in [2.24, 2.45) is 0 Å². The van der Waals surface area contributed by atoms with Gasteiger partial charge in [-0.25, -0.2) is 0 Å². The van der Waals surface area contributed by atoms with E-state index in [1.807, 2.05) is 6.07 Å². The number of carboxylic acids is 1. The van der Waals surface area contributed by atoms with Gasteiger partial charge in [-0.1, -0.05) is 18.9 Å². The highest BCUT2D eigenvalue weighted by molar-refractivity contribution is 5.76. The molecule has 3 rings (SSSR count). The Morgan fingerprint density at radius 2 is 1.72 bits per heavy atom. The molecule has 138 valence electrons. The highest BCUT2D eigenvalue weighted by Gasteiger charge is 2.33. The number of piperazine rings is 1. The predicted octanol–water partition coefficient (Wildman–Crippen LogP) is 2.39. The van der Waals surface area contributed by atoms with E-state index in [2.05, 4.69) is 9.80 Å². The maximum absolute atomic E-state index is 12.0. The Hall–Kier alpha value is -1.79. The van der Waals surface area contributed by atoms with Gasteiger partial charge in [0.15, 0.2) is 11.5 Å². The number of hydrogen-bond donors (Lipinski definition) is 1. The van der Waals surface area contributed by atoms with Crippen molar-refractivity contribution in [1.82, 2.24) is 9.80 Å². The molecule has 1 aromatic carbocycles. The number of aliphatic carboxylic acids is 1. The minimum Gasteiger partial charge on any atom is -0.493 e. The summed E-state index contributed by atoms with van der Waals surface area (Å²) in [5.41, 5.74) is 0.736. The molecule has 1 aliphatic carbocycles. The van der Waals surface area contributed by atoms with Crippen molar-refractivity contribution >= 4 is 5.97 Å². The van der Waals surface area contributed by atoms with Crippen LogP contribution in [0.2, 0.25) is 0 Å². The lowest BCUT2D eigenvalue weighted by atomic mass is 10.0. The van der Waals surface area contributed by atoms with Gasteiger partial charge in [-0.15, -0.1) is 0 Å². The Labute approximate surface area is 149 Å². The smallest absolute Gasteiger partial charge is 0.325 e.